The third-order valence-corrected chi connectivity index (χ3v) is 10.8. The summed E-state index contributed by atoms with van der Waals surface area (Å²) in [5.74, 6) is 0.787. The van der Waals surface area contributed by atoms with E-state index >= 15 is 0 Å². The molecule has 292 valence electrons. The number of aliphatic imine (C=N–C) groups is 1. The maximum Gasteiger partial charge on any atom is 0.222 e. The van der Waals surface area contributed by atoms with Gasteiger partial charge in [-0.05, 0) is 74.8 Å². The van der Waals surface area contributed by atoms with Gasteiger partial charge in [0.25, 0.3) is 0 Å². The lowest BCUT2D eigenvalue weighted by atomic mass is 9.84. The van der Waals surface area contributed by atoms with E-state index in [-0.39, 0.29) is 23.3 Å². The SMILES string of the molecule is CNCC[C@]1(C)Oc2c(cc3c(=O)cc(C)oc3c2[NH+]2C=C3C=CN=C3C2)C[C@H]1OOC[C@@](O)(Cc1ccc(O)c2ccc(O)cc12)[C@@H](O)[C@H](O)[C@H](O)CO. The second kappa shape index (κ2) is 15.1. The number of nitrogens with zero attached hydrogens (tertiary/aromatic N) is 1. The number of aryl methyl sites for hydroxylation is 1. The van der Waals surface area contributed by atoms with E-state index in [1.54, 1.807) is 26.2 Å². The topological polar surface area (TPSA) is 228 Å². The molecule has 55 heavy (non-hydrogen) atoms. The van der Waals surface area contributed by atoms with E-state index in [1.807, 2.05) is 19.2 Å². The number of rotatable bonds is 14. The van der Waals surface area contributed by atoms with Crippen LogP contribution in [0, 0.1) is 6.92 Å². The minimum Gasteiger partial charge on any atom is -0.508 e. The van der Waals surface area contributed by atoms with Crippen LogP contribution in [0.3, 0.4) is 0 Å². The van der Waals surface area contributed by atoms with Gasteiger partial charge in [-0.1, -0.05) is 6.07 Å². The number of benzene rings is 3. The molecule has 9 N–H and O–H groups in total. The average Bonchev–Trinajstić information content (AvgIpc) is 3.77. The molecule has 3 aliphatic rings. The van der Waals surface area contributed by atoms with E-state index in [4.69, 9.17) is 18.9 Å². The van der Waals surface area contributed by atoms with Crippen molar-refractivity contribution in [1.29, 1.82) is 0 Å². The number of hydrogen-bond acceptors (Lipinski definition) is 14. The molecule has 4 aromatic rings. The smallest absolute Gasteiger partial charge is 0.222 e. The summed E-state index contributed by atoms with van der Waals surface area (Å²) in [6.07, 6.45) is -0.815. The molecule has 0 saturated carbocycles. The molecule has 0 amide bonds. The van der Waals surface area contributed by atoms with E-state index in [0.717, 1.165) is 16.2 Å². The van der Waals surface area contributed by atoms with E-state index in [2.05, 4.69) is 10.3 Å². The molecule has 4 heterocycles. The van der Waals surface area contributed by atoms with Crippen LogP contribution in [0.5, 0.6) is 17.2 Å². The van der Waals surface area contributed by atoms with Crippen LogP contribution in [-0.4, -0.2) is 110 Å². The molecule has 15 heteroatoms. The maximum atomic E-state index is 13.4. The number of phenolic OH excluding ortho intramolecular Hbond substituents is 2. The summed E-state index contributed by atoms with van der Waals surface area (Å²) >= 11 is 0. The molecule has 7 atom stereocenters. The predicted octanol–water partition coefficient (Wildman–Crippen LogP) is 0.717. The minimum atomic E-state index is -2.36. The summed E-state index contributed by atoms with van der Waals surface area (Å²) in [5, 5.41) is 78.8. The lowest BCUT2D eigenvalue weighted by Crippen LogP contribution is -3.01. The van der Waals surface area contributed by atoms with Crippen LogP contribution in [0.4, 0.5) is 5.69 Å². The van der Waals surface area contributed by atoms with Crippen molar-refractivity contribution in [2.24, 2.45) is 4.99 Å². The van der Waals surface area contributed by atoms with Crippen molar-refractivity contribution in [2.75, 3.05) is 33.4 Å². The van der Waals surface area contributed by atoms with E-state index < -0.39 is 55.3 Å². The fourth-order valence-corrected chi connectivity index (χ4v) is 7.64. The number of nitrogens with one attached hydrogen (secondary N) is 2. The van der Waals surface area contributed by atoms with Gasteiger partial charge in [-0.25, -0.2) is 9.78 Å². The van der Waals surface area contributed by atoms with Crippen molar-refractivity contribution in [1.82, 2.24) is 5.32 Å². The van der Waals surface area contributed by atoms with Crippen molar-refractivity contribution in [3.63, 3.8) is 0 Å². The summed E-state index contributed by atoms with van der Waals surface area (Å²) < 4.78 is 13.1. The molecule has 0 fully saturated rings. The van der Waals surface area contributed by atoms with Gasteiger partial charge in [-0.2, -0.15) is 0 Å². The Balaban J connectivity index is 1.23. The van der Waals surface area contributed by atoms with E-state index in [9.17, 15) is 40.5 Å². The van der Waals surface area contributed by atoms with Crippen molar-refractivity contribution in [3.8, 4) is 17.2 Å². The highest BCUT2D eigenvalue weighted by atomic mass is 17.2. The van der Waals surface area contributed by atoms with Gasteiger partial charge >= 0.3 is 0 Å². The number of aromatic hydroxyl groups is 2. The van der Waals surface area contributed by atoms with Crippen LogP contribution in [0.1, 0.15) is 30.2 Å². The molecule has 0 radical (unpaired) electrons. The largest absolute Gasteiger partial charge is 0.508 e. The van der Waals surface area contributed by atoms with Crippen LogP contribution < -0.4 is 20.4 Å². The minimum absolute atomic E-state index is 0.0862. The normalized spacial score (nSPS) is 23.1. The number of phenols is 2. The van der Waals surface area contributed by atoms with Crippen LogP contribution in [-0.2, 0) is 22.6 Å². The van der Waals surface area contributed by atoms with Gasteiger partial charge in [0.05, 0.1) is 17.6 Å². The number of allylic oxidation sites excluding steroid dienone is 1. The number of ether oxygens (including phenoxy) is 1. The van der Waals surface area contributed by atoms with Crippen LogP contribution in [0.15, 0.2) is 80.7 Å². The number of hydrogen-bond donors (Lipinski definition) is 9. The van der Waals surface area contributed by atoms with Crippen molar-refractivity contribution < 1.29 is 59.6 Å². The molecule has 15 nitrogen and oxygen atoms in total. The van der Waals surface area contributed by atoms with Gasteiger partial charge in [0.15, 0.2) is 11.2 Å². The fraction of sp³-hybridized carbons (Fsp3) is 0.400. The quantitative estimate of drug-likeness (QED) is 0.0639. The Hall–Kier alpha value is -4.68. The van der Waals surface area contributed by atoms with Crippen molar-refractivity contribution in [2.45, 2.75) is 68.7 Å². The molecule has 0 saturated heterocycles. The standard InChI is InChI=1S/C40H45N3O12/c1-21-12-31(47)28-13-24-14-33(39(2,9-11-41-3)54-36(24)34(37(28)53-21)43-17-23-8-10-42-29(23)18-43)55-52-20-40(51,38(50)35(49)32(48)19-44)16-22-4-7-30(46)26-6-5-25(45)15-27(22)26/h4-8,10,12-13,15,17,32-33,35,38,41,44-46,48-51H,9,11,14,16,18-20H2,1-3H3/p+1/t32-,33-,35-,38+,39+,40+/m1/s1. The fourth-order valence-electron chi connectivity index (χ4n) is 7.64. The number of aliphatic hydroxyl groups excluding tert-OH is 4. The van der Waals surface area contributed by atoms with Gasteiger partial charge < -0.3 is 50.2 Å². The number of quaternary nitrogens is 1. The first-order valence-corrected chi connectivity index (χ1v) is 18.1. The molecule has 0 spiro atoms. The molecule has 1 aromatic heterocycles. The highest BCUT2D eigenvalue weighted by molar-refractivity contribution is 6.07. The van der Waals surface area contributed by atoms with Gasteiger partial charge in [0.1, 0.15) is 77.9 Å². The summed E-state index contributed by atoms with van der Waals surface area (Å²) in [5.41, 5.74) is 0.310. The Morgan fingerprint density at radius 2 is 1.91 bits per heavy atom. The van der Waals surface area contributed by atoms with Crippen LogP contribution in [0.2, 0.25) is 0 Å². The summed E-state index contributed by atoms with van der Waals surface area (Å²) in [6, 6.07) is 10.3. The van der Waals surface area contributed by atoms with Gasteiger partial charge in [-0.3, -0.25) is 14.7 Å². The molecule has 3 aliphatic heterocycles. The molecule has 1 unspecified atom stereocenters. The molecular formula is C40H46N3O12+. The number of fused-ring (bicyclic) bond motifs is 4. The van der Waals surface area contributed by atoms with Crippen molar-refractivity contribution >= 4 is 33.1 Å². The summed E-state index contributed by atoms with van der Waals surface area (Å²) in [6.45, 7) is 2.96. The molecule has 0 aliphatic carbocycles. The monoisotopic (exact) mass is 760 g/mol. The Labute approximate surface area is 315 Å². The zero-order valence-corrected chi connectivity index (χ0v) is 30.7. The Kier molecular flexibility index (Phi) is 10.6. The van der Waals surface area contributed by atoms with Crippen LogP contribution in [0.25, 0.3) is 21.7 Å². The summed E-state index contributed by atoms with van der Waals surface area (Å²) in [4.78, 5) is 30.6. The van der Waals surface area contributed by atoms with Crippen molar-refractivity contribution in [3.05, 3.63) is 93.6 Å². The third kappa shape index (κ3) is 7.26. The number of aliphatic hydroxyl groups is 5. The third-order valence-electron chi connectivity index (χ3n) is 10.8. The molecular weight excluding hydrogens is 714 g/mol. The molecule has 7 rings (SSSR count). The highest BCUT2D eigenvalue weighted by Gasteiger charge is 2.48. The first-order chi connectivity index (χ1) is 26.2. The molecule has 0 bridgehead atoms. The van der Waals surface area contributed by atoms with Gasteiger partial charge in [-0.15, -0.1) is 0 Å². The lowest BCUT2D eigenvalue weighted by Gasteiger charge is -2.42. The zero-order chi connectivity index (χ0) is 39.2. The van der Waals surface area contributed by atoms with Gasteiger partial charge in [0, 0.05) is 42.5 Å². The maximum absolute atomic E-state index is 13.4. The van der Waals surface area contributed by atoms with E-state index in [1.165, 1.54) is 36.4 Å². The Morgan fingerprint density at radius 1 is 1.11 bits per heavy atom. The van der Waals surface area contributed by atoms with E-state index in [0.29, 0.717) is 69.6 Å². The second-order valence-corrected chi connectivity index (χ2v) is 14.8. The zero-order valence-electron chi connectivity index (χ0n) is 30.7. The average molecular weight is 761 g/mol. The Bertz CT molecular complexity index is 2270. The van der Waals surface area contributed by atoms with Gasteiger partial charge in [0.2, 0.25) is 11.3 Å². The summed E-state index contributed by atoms with van der Waals surface area (Å²) in [7, 11) is 1.80. The predicted molar refractivity (Wildman–Crippen MR) is 201 cm³/mol. The molecule has 3 aromatic carbocycles. The second-order valence-electron chi connectivity index (χ2n) is 14.8. The first-order valence-electron chi connectivity index (χ1n) is 18.1. The highest BCUT2D eigenvalue weighted by Crippen LogP contribution is 2.44. The first kappa shape index (κ1) is 38.6. The Morgan fingerprint density at radius 3 is 2.65 bits per heavy atom. The lowest BCUT2D eigenvalue weighted by molar-refractivity contribution is -0.759. The van der Waals surface area contributed by atoms with Crippen LogP contribution >= 0.6 is 0 Å².